The fourth-order valence-corrected chi connectivity index (χ4v) is 2.63. The molecule has 0 spiro atoms. The zero-order valence-electron chi connectivity index (χ0n) is 12.2. The van der Waals surface area contributed by atoms with E-state index in [-0.39, 0.29) is 11.8 Å². The Morgan fingerprint density at radius 3 is 2.85 bits per heavy atom. The summed E-state index contributed by atoms with van der Waals surface area (Å²) in [6.45, 7) is 5.10. The molecule has 1 aromatic carbocycles. The largest absolute Gasteiger partial charge is 0.493 e. The summed E-state index contributed by atoms with van der Waals surface area (Å²) in [5.41, 5.74) is 1.71. The number of carbonyl (C=O) groups excluding carboxylic acids is 1. The summed E-state index contributed by atoms with van der Waals surface area (Å²) in [5.74, 6) is 0.979. The third-order valence-electron chi connectivity index (χ3n) is 4.02. The molecule has 2 rings (SSSR count). The van der Waals surface area contributed by atoms with Crippen LogP contribution in [0.3, 0.4) is 0 Å². The first-order chi connectivity index (χ1) is 9.65. The maximum atomic E-state index is 12.1. The van der Waals surface area contributed by atoms with Crippen molar-refractivity contribution in [2.45, 2.75) is 39.2 Å². The first-order valence-electron chi connectivity index (χ1n) is 7.37. The fraction of sp³-hybridized carbons (Fsp3) is 0.562. The van der Waals surface area contributed by atoms with Gasteiger partial charge in [-0.1, -0.05) is 26.7 Å². The summed E-state index contributed by atoms with van der Waals surface area (Å²) in [7, 11) is 0. The first kappa shape index (κ1) is 14.9. The second kappa shape index (κ2) is 6.75. The van der Waals surface area contributed by atoms with Crippen LogP contribution in [0.25, 0.3) is 0 Å². The molecule has 110 valence electrons. The van der Waals surface area contributed by atoms with Crippen LogP contribution in [0.15, 0.2) is 18.2 Å². The summed E-state index contributed by atoms with van der Waals surface area (Å²) in [4.78, 5) is 12.1. The van der Waals surface area contributed by atoms with Gasteiger partial charge in [0, 0.05) is 18.5 Å². The Morgan fingerprint density at radius 1 is 1.40 bits per heavy atom. The lowest BCUT2D eigenvalue weighted by Gasteiger charge is -2.20. The molecule has 1 atom stereocenters. The number of rotatable bonds is 6. The van der Waals surface area contributed by atoms with Crippen molar-refractivity contribution < 1.29 is 14.6 Å². The van der Waals surface area contributed by atoms with E-state index >= 15 is 0 Å². The lowest BCUT2D eigenvalue weighted by molar-refractivity contribution is 0.0816. The Kier molecular flexibility index (Phi) is 5.01. The van der Waals surface area contributed by atoms with E-state index in [0.29, 0.717) is 18.7 Å². The van der Waals surface area contributed by atoms with Crippen LogP contribution in [0.1, 0.15) is 42.6 Å². The lowest BCUT2D eigenvalue weighted by atomic mass is 9.96. The number of hydrogen-bond acceptors (Lipinski definition) is 3. The second-order valence-corrected chi connectivity index (χ2v) is 5.27. The third-order valence-corrected chi connectivity index (χ3v) is 4.02. The number of carbonyl (C=O) groups is 1. The Hall–Kier alpha value is -1.55. The molecule has 0 aromatic heterocycles. The normalized spacial score (nSPS) is 14.8. The minimum Gasteiger partial charge on any atom is -0.493 e. The monoisotopic (exact) mass is 277 g/mol. The van der Waals surface area contributed by atoms with Crippen LogP contribution in [-0.4, -0.2) is 30.3 Å². The molecule has 4 heteroatoms. The van der Waals surface area contributed by atoms with Crippen LogP contribution < -0.4 is 10.1 Å². The van der Waals surface area contributed by atoms with Gasteiger partial charge < -0.3 is 15.2 Å². The molecule has 0 saturated heterocycles. The Labute approximate surface area is 120 Å². The van der Waals surface area contributed by atoms with E-state index in [4.69, 9.17) is 4.74 Å². The molecule has 20 heavy (non-hydrogen) atoms. The highest BCUT2D eigenvalue weighted by atomic mass is 16.5. The van der Waals surface area contributed by atoms with E-state index < -0.39 is 6.10 Å². The molecule has 0 aliphatic carbocycles. The lowest BCUT2D eigenvalue weighted by Crippen LogP contribution is -2.36. The molecule has 1 amide bonds. The van der Waals surface area contributed by atoms with Crippen molar-refractivity contribution in [3.8, 4) is 5.75 Å². The van der Waals surface area contributed by atoms with Gasteiger partial charge in [-0.25, -0.2) is 0 Å². The molecule has 0 fully saturated rings. The van der Waals surface area contributed by atoms with Gasteiger partial charge in [-0.3, -0.25) is 4.79 Å². The minimum atomic E-state index is -0.480. The van der Waals surface area contributed by atoms with Crippen LogP contribution >= 0.6 is 0 Å². The fourth-order valence-electron chi connectivity index (χ4n) is 2.63. The van der Waals surface area contributed by atoms with Gasteiger partial charge in [-0.2, -0.15) is 0 Å². The minimum absolute atomic E-state index is 0.135. The van der Waals surface area contributed by atoms with Crippen molar-refractivity contribution in [3.63, 3.8) is 0 Å². The molecule has 2 N–H and O–H groups in total. The second-order valence-electron chi connectivity index (χ2n) is 5.27. The Morgan fingerprint density at radius 2 is 2.15 bits per heavy atom. The maximum absolute atomic E-state index is 12.1. The highest BCUT2D eigenvalue weighted by molar-refractivity contribution is 5.94. The Balaban J connectivity index is 1.92. The number of fused-ring (bicyclic) bond motifs is 1. The van der Waals surface area contributed by atoms with Crippen molar-refractivity contribution >= 4 is 5.91 Å². The number of benzene rings is 1. The van der Waals surface area contributed by atoms with Gasteiger partial charge in [-0.15, -0.1) is 0 Å². The summed E-state index contributed by atoms with van der Waals surface area (Å²) in [6.07, 6.45) is 2.21. The van der Waals surface area contributed by atoms with Crippen LogP contribution in [0, 0.1) is 5.92 Å². The van der Waals surface area contributed by atoms with E-state index in [9.17, 15) is 9.90 Å². The molecule has 1 aliphatic heterocycles. The van der Waals surface area contributed by atoms with E-state index in [1.165, 1.54) is 0 Å². The number of ether oxygens (including phenoxy) is 1. The zero-order valence-corrected chi connectivity index (χ0v) is 12.2. The summed E-state index contributed by atoms with van der Waals surface area (Å²) < 4.78 is 5.42. The van der Waals surface area contributed by atoms with E-state index in [1.807, 2.05) is 12.1 Å². The number of nitrogens with one attached hydrogen (secondary N) is 1. The molecule has 0 bridgehead atoms. The van der Waals surface area contributed by atoms with Crippen molar-refractivity contribution in [1.82, 2.24) is 5.32 Å². The van der Waals surface area contributed by atoms with Gasteiger partial charge in [0.2, 0.25) is 0 Å². The number of aliphatic hydroxyl groups is 1. The van der Waals surface area contributed by atoms with Gasteiger partial charge >= 0.3 is 0 Å². The van der Waals surface area contributed by atoms with E-state index in [0.717, 1.165) is 30.6 Å². The van der Waals surface area contributed by atoms with Crippen molar-refractivity contribution in [1.29, 1.82) is 0 Å². The highest BCUT2D eigenvalue weighted by Gasteiger charge is 2.18. The summed E-state index contributed by atoms with van der Waals surface area (Å²) in [6, 6.07) is 5.48. The molecule has 1 unspecified atom stereocenters. The van der Waals surface area contributed by atoms with Crippen LogP contribution in [0.4, 0.5) is 0 Å². The third kappa shape index (κ3) is 3.31. The van der Waals surface area contributed by atoms with Crippen LogP contribution in [-0.2, 0) is 6.42 Å². The topological polar surface area (TPSA) is 58.6 Å². The first-order valence-corrected chi connectivity index (χ1v) is 7.37. The molecule has 0 saturated carbocycles. The molecule has 1 heterocycles. The van der Waals surface area contributed by atoms with Gasteiger partial charge in [0.25, 0.3) is 5.91 Å². The predicted octanol–water partition coefficient (Wildman–Crippen LogP) is 2.15. The maximum Gasteiger partial charge on any atom is 0.251 e. The molecule has 1 aliphatic rings. The molecule has 0 radical (unpaired) electrons. The van der Waals surface area contributed by atoms with Crippen molar-refractivity contribution in [3.05, 3.63) is 29.3 Å². The predicted molar refractivity (Wildman–Crippen MR) is 78.1 cm³/mol. The molecular weight excluding hydrogens is 254 g/mol. The average molecular weight is 277 g/mol. The number of hydrogen-bond donors (Lipinski definition) is 2. The standard InChI is InChI=1S/C16H23NO3/c1-3-11(4-2)14(18)10-17-16(19)13-5-6-15-12(9-13)7-8-20-15/h5-6,9,11,14,18H,3-4,7-8,10H2,1-2H3,(H,17,19). The van der Waals surface area contributed by atoms with Crippen LogP contribution in [0.5, 0.6) is 5.75 Å². The van der Waals surface area contributed by atoms with Gasteiger partial charge in [-0.05, 0) is 29.7 Å². The highest BCUT2D eigenvalue weighted by Crippen LogP contribution is 2.25. The van der Waals surface area contributed by atoms with E-state index in [1.54, 1.807) is 6.07 Å². The Bertz CT molecular complexity index is 469. The number of aliphatic hydroxyl groups excluding tert-OH is 1. The molecule has 1 aromatic rings. The van der Waals surface area contributed by atoms with Crippen LogP contribution in [0.2, 0.25) is 0 Å². The van der Waals surface area contributed by atoms with Crippen molar-refractivity contribution in [2.75, 3.05) is 13.2 Å². The van der Waals surface area contributed by atoms with Gasteiger partial charge in [0.1, 0.15) is 5.75 Å². The molecule has 4 nitrogen and oxygen atoms in total. The molecular formula is C16H23NO3. The van der Waals surface area contributed by atoms with Gasteiger partial charge in [0.05, 0.1) is 12.7 Å². The number of amides is 1. The quantitative estimate of drug-likeness (QED) is 0.837. The smallest absolute Gasteiger partial charge is 0.251 e. The average Bonchev–Trinajstić information content (AvgIpc) is 2.93. The van der Waals surface area contributed by atoms with Crippen molar-refractivity contribution in [2.24, 2.45) is 5.92 Å². The zero-order chi connectivity index (χ0) is 14.5. The SMILES string of the molecule is CCC(CC)C(O)CNC(=O)c1ccc2c(c1)CCO2. The van der Waals surface area contributed by atoms with Gasteiger partial charge in [0.15, 0.2) is 0 Å². The van der Waals surface area contributed by atoms with E-state index in [2.05, 4.69) is 19.2 Å². The summed E-state index contributed by atoms with van der Waals surface area (Å²) >= 11 is 0. The summed E-state index contributed by atoms with van der Waals surface area (Å²) in [5, 5.41) is 12.8.